The standard InChI is InChI=1S/C14H11BrF2N2O/c1-19(9-4-2-3-8(16)5-9)14(20)10-6-13(18)12(17)7-11(10)15/h2-7H,18H2,1H3. The first-order valence-corrected chi connectivity index (χ1v) is 6.47. The molecule has 0 saturated carbocycles. The summed E-state index contributed by atoms with van der Waals surface area (Å²) in [5.41, 5.74) is 5.94. The van der Waals surface area contributed by atoms with E-state index in [-0.39, 0.29) is 15.7 Å². The van der Waals surface area contributed by atoms with Crippen molar-refractivity contribution in [3.8, 4) is 0 Å². The lowest BCUT2D eigenvalue weighted by Gasteiger charge is -2.18. The SMILES string of the molecule is CN(C(=O)c1cc(N)c(F)cc1Br)c1cccc(F)c1. The van der Waals surface area contributed by atoms with E-state index in [1.165, 1.54) is 36.2 Å². The Morgan fingerprint density at radius 3 is 2.60 bits per heavy atom. The molecule has 0 unspecified atom stereocenters. The van der Waals surface area contributed by atoms with Gasteiger partial charge in [-0.2, -0.15) is 0 Å². The smallest absolute Gasteiger partial charge is 0.259 e. The second kappa shape index (κ2) is 5.58. The highest BCUT2D eigenvalue weighted by molar-refractivity contribution is 9.10. The van der Waals surface area contributed by atoms with Crippen molar-refractivity contribution in [1.82, 2.24) is 0 Å². The molecule has 0 aliphatic heterocycles. The molecule has 0 atom stereocenters. The molecule has 2 aromatic rings. The van der Waals surface area contributed by atoms with Gasteiger partial charge in [0.2, 0.25) is 0 Å². The molecule has 0 heterocycles. The average Bonchev–Trinajstić information content (AvgIpc) is 2.41. The van der Waals surface area contributed by atoms with Gasteiger partial charge in [0.05, 0.1) is 11.3 Å². The van der Waals surface area contributed by atoms with E-state index in [9.17, 15) is 13.6 Å². The van der Waals surface area contributed by atoms with Crippen LogP contribution in [0.15, 0.2) is 40.9 Å². The Bertz CT molecular complexity index is 676. The summed E-state index contributed by atoms with van der Waals surface area (Å²) < 4.78 is 26.7. The normalized spacial score (nSPS) is 10.4. The summed E-state index contributed by atoms with van der Waals surface area (Å²) in [5, 5.41) is 0. The van der Waals surface area contributed by atoms with Crippen LogP contribution >= 0.6 is 15.9 Å². The molecule has 3 nitrogen and oxygen atoms in total. The highest BCUT2D eigenvalue weighted by Gasteiger charge is 2.18. The molecule has 0 saturated heterocycles. The zero-order valence-corrected chi connectivity index (χ0v) is 12.1. The van der Waals surface area contributed by atoms with E-state index in [2.05, 4.69) is 15.9 Å². The Labute approximate surface area is 123 Å². The van der Waals surface area contributed by atoms with Crippen LogP contribution in [0.5, 0.6) is 0 Å². The molecule has 6 heteroatoms. The van der Waals surface area contributed by atoms with Crippen molar-refractivity contribution >= 4 is 33.2 Å². The maximum atomic E-state index is 13.3. The number of nitrogens with two attached hydrogens (primary N) is 1. The molecule has 0 spiro atoms. The quantitative estimate of drug-likeness (QED) is 0.849. The Hall–Kier alpha value is -1.95. The van der Waals surface area contributed by atoms with Crippen molar-refractivity contribution in [2.75, 3.05) is 17.7 Å². The second-order valence-electron chi connectivity index (χ2n) is 4.20. The molecule has 1 amide bonds. The highest BCUT2D eigenvalue weighted by atomic mass is 79.9. The summed E-state index contributed by atoms with van der Waals surface area (Å²) in [6.07, 6.45) is 0. The Morgan fingerprint density at radius 1 is 1.25 bits per heavy atom. The lowest BCUT2D eigenvalue weighted by Crippen LogP contribution is -2.26. The van der Waals surface area contributed by atoms with Gasteiger partial charge >= 0.3 is 0 Å². The fourth-order valence-corrected chi connectivity index (χ4v) is 2.20. The van der Waals surface area contributed by atoms with Gasteiger partial charge in [0.1, 0.15) is 11.6 Å². The first-order valence-electron chi connectivity index (χ1n) is 5.68. The van der Waals surface area contributed by atoms with E-state index in [1.807, 2.05) is 0 Å². The molecule has 2 aromatic carbocycles. The molecule has 20 heavy (non-hydrogen) atoms. The van der Waals surface area contributed by atoms with E-state index in [0.29, 0.717) is 5.69 Å². The number of nitrogens with zero attached hydrogens (tertiary/aromatic N) is 1. The van der Waals surface area contributed by atoms with Crippen LogP contribution in [0.25, 0.3) is 0 Å². The van der Waals surface area contributed by atoms with Crippen LogP contribution < -0.4 is 10.6 Å². The van der Waals surface area contributed by atoms with Gasteiger partial charge in [-0.15, -0.1) is 0 Å². The van der Waals surface area contributed by atoms with E-state index in [1.54, 1.807) is 6.07 Å². The number of rotatable bonds is 2. The van der Waals surface area contributed by atoms with E-state index in [0.717, 1.165) is 6.07 Å². The van der Waals surface area contributed by atoms with Crippen molar-refractivity contribution < 1.29 is 13.6 Å². The van der Waals surface area contributed by atoms with Crippen molar-refractivity contribution in [1.29, 1.82) is 0 Å². The minimum Gasteiger partial charge on any atom is -0.396 e. The summed E-state index contributed by atoms with van der Waals surface area (Å²) in [4.78, 5) is 13.6. The summed E-state index contributed by atoms with van der Waals surface area (Å²) in [7, 11) is 1.50. The van der Waals surface area contributed by atoms with Gasteiger partial charge in [0.15, 0.2) is 0 Å². The first-order chi connectivity index (χ1) is 9.40. The zero-order chi connectivity index (χ0) is 14.9. The Morgan fingerprint density at radius 2 is 1.95 bits per heavy atom. The van der Waals surface area contributed by atoms with Crippen LogP contribution in [0.4, 0.5) is 20.2 Å². The van der Waals surface area contributed by atoms with Crippen LogP contribution in [0.3, 0.4) is 0 Å². The summed E-state index contributed by atoms with van der Waals surface area (Å²) in [6.45, 7) is 0. The number of hydrogen-bond donors (Lipinski definition) is 1. The average molecular weight is 341 g/mol. The van der Waals surface area contributed by atoms with Crippen molar-refractivity contribution in [3.63, 3.8) is 0 Å². The zero-order valence-electron chi connectivity index (χ0n) is 10.5. The van der Waals surface area contributed by atoms with Crippen molar-refractivity contribution in [3.05, 3.63) is 58.1 Å². The van der Waals surface area contributed by atoms with Gasteiger partial charge in [-0.25, -0.2) is 8.78 Å². The van der Waals surface area contributed by atoms with E-state index < -0.39 is 17.5 Å². The lowest BCUT2D eigenvalue weighted by atomic mass is 10.1. The molecular formula is C14H11BrF2N2O. The van der Waals surface area contributed by atoms with Gasteiger partial charge < -0.3 is 10.6 Å². The molecule has 0 aliphatic carbocycles. The van der Waals surface area contributed by atoms with Gasteiger partial charge in [-0.05, 0) is 46.3 Å². The Kier molecular flexibility index (Phi) is 4.04. The molecule has 0 bridgehead atoms. The molecule has 0 aromatic heterocycles. The molecule has 2 rings (SSSR count). The molecule has 2 N–H and O–H groups in total. The van der Waals surface area contributed by atoms with Gasteiger partial charge in [0, 0.05) is 17.2 Å². The van der Waals surface area contributed by atoms with Crippen molar-refractivity contribution in [2.24, 2.45) is 0 Å². The van der Waals surface area contributed by atoms with E-state index >= 15 is 0 Å². The Balaban J connectivity index is 2.39. The topological polar surface area (TPSA) is 46.3 Å². The maximum absolute atomic E-state index is 13.3. The maximum Gasteiger partial charge on any atom is 0.259 e. The van der Waals surface area contributed by atoms with Crippen LogP contribution in [-0.2, 0) is 0 Å². The van der Waals surface area contributed by atoms with Gasteiger partial charge in [-0.1, -0.05) is 6.07 Å². The third-order valence-corrected chi connectivity index (χ3v) is 3.47. The number of carbonyl (C=O) groups is 1. The number of hydrogen-bond acceptors (Lipinski definition) is 2. The van der Waals surface area contributed by atoms with Gasteiger partial charge in [0.25, 0.3) is 5.91 Å². The van der Waals surface area contributed by atoms with E-state index in [4.69, 9.17) is 5.73 Å². The molecule has 0 radical (unpaired) electrons. The number of benzene rings is 2. The predicted molar refractivity (Wildman–Crippen MR) is 77.6 cm³/mol. The number of carbonyl (C=O) groups excluding carboxylic acids is 1. The van der Waals surface area contributed by atoms with Crippen LogP contribution in [0.2, 0.25) is 0 Å². The lowest BCUT2D eigenvalue weighted by molar-refractivity contribution is 0.0992. The number of halogens is 3. The fraction of sp³-hybridized carbons (Fsp3) is 0.0714. The molecule has 0 aliphatic rings. The third-order valence-electron chi connectivity index (χ3n) is 2.82. The minimum absolute atomic E-state index is 0.121. The largest absolute Gasteiger partial charge is 0.396 e. The minimum atomic E-state index is -0.609. The summed E-state index contributed by atoms with van der Waals surface area (Å²) >= 11 is 3.12. The first kappa shape index (κ1) is 14.5. The predicted octanol–water partition coefficient (Wildman–Crippen LogP) is 3.59. The number of nitrogen functional groups attached to an aromatic ring is 1. The number of anilines is 2. The number of amides is 1. The van der Waals surface area contributed by atoms with Crippen LogP contribution in [0, 0.1) is 11.6 Å². The van der Waals surface area contributed by atoms with Crippen LogP contribution in [-0.4, -0.2) is 13.0 Å². The van der Waals surface area contributed by atoms with Gasteiger partial charge in [-0.3, -0.25) is 4.79 Å². The summed E-state index contributed by atoms with van der Waals surface area (Å²) in [6, 6.07) is 8.00. The fourth-order valence-electron chi connectivity index (χ4n) is 1.71. The molecule has 0 fully saturated rings. The van der Waals surface area contributed by atoms with Crippen LogP contribution in [0.1, 0.15) is 10.4 Å². The summed E-state index contributed by atoms with van der Waals surface area (Å²) in [5.74, 6) is -1.48. The molecule has 104 valence electrons. The monoisotopic (exact) mass is 340 g/mol. The van der Waals surface area contributed by atoms with Crippen molar-refractivity contribution in [2.45, 2.75) is 0 Å². The highest BCUT2D eigenvalue weighted by Crippen LogP contribution is 2.25. The second-order valence-corrected chi connectivity index (χ2v) is 5.05. The molecular weight excluding hydrogens is 330 g/mol. The third kappa shape index (κ3) is 2.80.